The van der Waals surface area contributed by atoms with Crippen LogP contribution < -0.4 is 0 Å². The molecule has 2 rings (SSSR count). The Bertz CT molecular complexity index is 544. The van der Waals surface area contributed by atoms with Gasteiger partial charge in [-0.05, 0) is 25.1 Å². The van der Waals surface area contributed by atoms with Crippen molar-refractivity contribution in [3.05, 3.63) is 30.2 Å². The van der Waals surface area contributed by atoms with Crippen LogP contribution in [0.15, 0.2) is 29.0 Å². The smallest absolute Gasteiger partial charge is 0.379 e. The Morgan fingerprint density at radius 1 is 1.44 bits per heavy atom. The molecule has 0 aliphatic rings. The number of hydrogen-bond donors (Lipinski definition) is 0. The van der Waals surface area contributed by atoms with Gasteiger partial charge < -0.3 is 9.15 Å². The molecular weight excluding hydrogens is 210 g/mol. The molecule has 0 atom stereocenters. The van der Waals surface area contributed by atoms with Gasteiger partial charge in [-0.15, -0.1) is 0 Å². The summed E-state index contributed by atoms with van der Waals surface area (Å²) in [6.45, 7) is 1.82. The lowest BCUT2D eigenvalue weighted by Crippen LogP contribution is -2.17. The van der Waals surface area contributed by atoms with Crippen molar-refractivity contribution in [1.29, 1.82) is 0 Å². The van der Waals surface area contributed by atoms with E-state index < -0.39 is 11.8 Å². The number of ether oxygens (including phenoxy) is 1. The number of hydrogen-bond acceptors (Lipinski definition) is 5. The van der Waals surface area contributed by atoms with Crippen LogP contribution in [-0.4, -0.2) is 23.3 Å². The van der Waals surface area contributed by atoms with Gasteiger partial charge in [-0.25, -0.2) is 9.78 Å². The molecule has 16 heavy (non-hydrogen) atoms. The molecule has 1 aromatic heterocycles. The lowest BCUT2D eigenvalue weighted by atomic mass is 10.1. The highest BCUT2D eigenvalue weighted by atomic mass is 16.5. The third-order valence-corrected chi connectivity index (χ3v) is 2.05. The zero-order valence-electron chi connectivity index (χ0n) is 8.60. The lowest BCUT2D eigenvalue weighted by molar-refractivity contribution is -0.137. The van der Waals surface area contributed by atoms with E-state index >= 15 is 0 Å². The molecule has 1 heterocycles. The van der Waals surface area contributed by atoms with Crippen LogP contribution in [0.3, 0.4) is 0 Å². The average Bonchev–Trinajstić information content (AvgIpc) is 2.75. The van der Waals surface area contributed by atoms with Crippen LogP contribution in [0.25, 0.3) is 11.1 Å². The van der Waals surface area contributed by atoms with Crippen LogP contribution >= 0.6 is 0 Å². The Hall–Kier alpha value is -2.17. The van der Waals surface area contributed by atoms with Crippen LogP contribution in [0.2, 0.25) is 0 Å². The van der Waals surface area contributed by atoms with Gasteiger partial charge in [0.15, 0.2) is 12.0 Å². The molecule has 82 valence electrons. The van der Waals surface area contributed by atoms with E-state index in [1.165, 1.54) is 18.5 Å². The van der Waals surface area contributed by atoms with Crippen molar-refractivity contribution in [3.63, 3.8) is 0 Å². The minimum Gasteiger partial charge on any atom is -0.460 e. The highest BCUT2D eigenvalue weighted by Gasteiger charge is 2.18. The molecule has 0 saturated carbocycles. The number of carbonyl (C=O) groups excluding carboxylic acids is 2. The Kier molecular flexibility index (Phi) is 2.68. The zero-order chi connectivity index (χ0) is 11.5. The van der Waals surface area contributed by atoms with Crippen molar-refractivity contribution in [3.8, 4) is 0 Å². The largest absolute Gasteiger partial charge is 0.460 e. The molecule has 0 fully saturated rings. The van der Waals surface area contributed by atoms with Gasteiger partial charge in [-0.1, -0.05) is 0 Å². The third kappa shape index (κ3) is 1.79. The lowest BCUT2D eigenvalue weighted by Gasteiger charge is -2.00. The molecule has 1 aromatic carbocycles. The number of Topliss-reactive ketones (excluding diaryl/α,β-unsaturated/α-hetero) is 1. The first-order valence-electron chi connectivity index (χ1n) is 4.77. The number of nitrogens with zero attached hydrogens (tertiary/aromatic N) is 1. The summed E-state index contributed by atoms with van der Waals surface area (Å²) in [4.78, 5) is 26.7. The maximum absolute atomic E-state index is 11.6. The van der Waals surface area contributed by atoms with Gasteiger partial charge in [-0.3, -0.25) is 4.79 Å². The van der Waals surface area contributed by atoms with Crippen molar-refractivity contribution < 1.29 is 18.7 Å². The fraction of sp³-hybridized carbons (Fsp3) is 0.182. The average molecular weight is 219 g/mol. The van der Waals surface area contributed by atoms with E-state index in [1.807, 2.05) is 0 Å². The van der Waals surface area contributed by atoms with Crippen LogP contribution in [0.1, 0.15) is 17.3 Å². The third-order valence-electron chi connectivity index (χ3n) is 2.05. The number of aromatic nitrogens is 1. The van der Waals surface area contributed by atoms with E-state index in [9.17, 15) is 9.59 Å². The molecule has 0 unspecified atom stereocenters. The van der Waals surface area contributed by atoms with Crippen LogP contribution in [0.5, 0.6) is 0 Å². The Morgan fingerprint density at radius 2 is 2.25 bits per heavy atom. The molecule has 0 amide bonds. The van der Waals surface area contributed by atoms with E-state index in [-0.39, 0.29) is 12.2 Å². The maximum atomic E-state index is 11.6. The van der Waals surface area contributed by atoms with Crippen molar-refractivity contribution in [2.24, 2.45) is 0 Å². The number of rotatable bonds is 3. The molecule has 0 aliphatic heterocycles. The second-order valence-electron chi connectivity index (χ2n) is 3.08. The number of esters is 1. The van der Waals surface area contributed by atoms with Crippen LogP contribution in [0.4, 0.5) is 0 Å². The van der Waals surface area contributed by atoms with Crippen molar-refractivity contribution >= 4 is 22.9 Å². The molecular formula is C11H9NO4. The first-order valence-corrected chi connectivity index (χ1v) is 4.77. The van der Waals surface area contributed by atoms with E-state index in [0.717, 1.165) is 0 Å². The summed E-state index contributed by atoms with van der Waals surface area (Å²) in [6, 6.07) is 4.61. The summed E-state index contributed by atoms with van der Waals surface area (Å²) in [6.07, 6.45) is 1.28. The number of ketones is 1. The van der Waals surface area contributed by atoms with Crippen molar-refractivity contribution in [1.82, 2.24) is 4.98 Å². The van der Waals surface area contributed by atoms with Gasteiger partial charge in [-0.2, -0.15) is 0 Å². The van der Waals surface area contributed by atoms with E-state index in [4.69, 9.17) is 4.42 Å². The van der Waals surface area contributed by atoms with Gasteiger partial charge in [0.25, 0.3) is 5.78 Å². The summed E-state index contributed by atoms with van der Waals surface area (Å²) in [5.74, 6) is -1.54. The molecule has 0 aliphatic carbocycles. The number of oxazole rings is 1. The first-order chi connectivity index (χ1) is 7.72. The fourth-order valence-corrected chi connectivity index (χ4v) is 1.31. The second-order valence-corrected chi connectivity index (χ2v) is 3.08. The highest BCUT2D eigenvalue weighted by molar-refractivity contribution is 6.40. The summed E-state index contributed by atoms with van der Waals surface area (Å²) in [5, 5.41) is 0. The summed E-state index contributed by atoms with van der Waals surface area (Å²) in [7, 11) is 0. The first kappa shape index (κ1) is 10.4. The van der Waals surface area contributed by atoms with Crippen molar-refractivity contribution in [2.45, 2.75) is 6.92 Å². The maximum Gasteiger partial charge on any atom is 0.379 e. The van der Waals surface area contributed by atoms with E-state index in [0.29, 0.717) is 11.1 Å². The summed E-state index contributed by atoms with van der Waals surface area (Å²) < 4.78 is 9.65. The molecule has 0 bridgehead atoms. The van der Waals surface area contributed by atoms with Gasteiger partial charge in [0, 0.05) is 5.56 Å². The monoisotopic (exact) mass is 219 g/mol. The normalized spacial score (nSPS) is 10.3. The van der Waals surface area contributed by atoms with E-state index in [1.54, 1.807) is 13.0 Å². The number of carbonyl (C=O) groups is 2. The van der Waals surface area contributed by atoms with Crippen molar-refractivity contribution in [2.75, 3.05) is 6.61 Å². The van der Waals surface area contributed by atoms with E-state index in [2.05, 4.69) is 9.72 Å². The summed E-state index contributed by atoms with van der Waals surface area (Å²) >= 11 is 0. The van der Waals surface area contributed by atoms with Gasteiger partial charge >= 0.3 is 5.97 Å². The van der Waals surface area contributed by atoms with Gasteiger partial charge in [0.05, 0.1) is 6.61 Å². The Balaban J connectivity index is 2.32. The quantitative estimate of drug-likeness (QED) is 0.445. The molecule has 0 radical (unpaired) electrons. The highest BCUT2D eigenvalue weighted by Crippen LogP contribution is 2.14. The Morgan fingerprint density at radius 3 is 3.00 bits per heavy atom. The second kappa shape index (κ2) is 4.14. The predicted molar refractivity (Wildman–Crippen MR) is 55.0 cm³/mol. The zero-order valence-corrected chi connectivity index (χ0v) is 8.60. The van der Waals surface area contributed by atoms with Crippen LogP contribution in [0, 0.1) is 0 Å². The number of benzene rings is 1. The SMILES string of the molecule is CCOC(=O)C(=O)c1ccc2ncoc2c1. The topological polar surface area (TPSA) is 69.4 Å². The molecule has 5 heteroatoms. The standard InChI is InChI=1S/C11H9NO4/c1-2-15-11(14)10(13)7-3-4-8-9(5-7)16-6-12-8/h3-6H,2H2,1H3. The van der Waals surface area contributed by atoms with Gasteiger partial charge in [0.1, 0.15) is 5.52 Å². The Labute approximate surface area is 91.0 Å². The minimum absolute atomic E-state index is 0.176. The van der Waals surface area contributed by atoms with Gasteiger partial charge in [0.2, 0.25) is 0 Å². The summed E-state index contributed by atoms with van der Waals surface area (Å²) in [5.41, 5.74) is 1.35. The minimum atomic E-state index is -0.860. The molecule has 5 nitrogen and oxygen atoms in total. The molecule has 2 aromatic rings. The number of fused-ring (bicyclic) bond motifs is 1. The molecule has 0 N–H and O–H groups in total. The molecule has 0 saturated heterocycles. The van der Waals surface area contributed by atoms with Crippen LogP contribution in [-0.2, 0) is 9.53 Å². The fourth-order valence-electron chi connectivity index (χ4n) is 1.31. The molecule has 0 spiro atoms. The predicted octanol–water partition coefficient (Wildman–Crippen LogP) is 1.57.